The Morgan fingerprint density at radius 3 is 2.72 bits per heavy atom. The highest BCUT2D eigenvalue weighted by Gasteiger charge is 2.09. The van der Waals surface area contributed by atoms with Crippen LogP contribution in [0, 0.1) is 19.7 Å². The minimum atomic E-state index is -0.223. The number of aromatic nitrogens is 3. The van der Waals surface area contributed by atoms with Crippen molar-refractivity contribution >= 4 is 40.8 Å². The van der Waals surface area contributed by atoms with Crippen LogP contribution in [0.1, 0.15) is 29.4 Å². The number of H-pyrrole nitrogens is 1. The van der Waals surface area contributed by atoms with E-state index in [1.807, 2.05) is 30.9 Å². The van der Waals surface area contributed by atoms with Crippen LogP contribution in [0.3, 0.4) is 0 Å². The highest BCUT2D eigenvalue weighted by molar-refractivity contribution is 14.0. The third kappa shape index (κ3) is 5.71. The number of nitrogens with one attached hydrogen (secondary N) is 3. The third-order valence-corrected chi connectivity index (χ3v) is 5.05. The van der Waals surface area contributed by atoms with Crippen LogP contribution < -0.4 is 10.6 Å². The first-order valence-corrected chi connectivity index (χ1v) is 9.76. The number of hydrogen-bond acceptors (Lipinski definition) is 2. The van der Waals surface area contributed by atoms with Crippen LogP contribution in [0.15, 0.2) is 29.4 Å². The molecule has 0 radical (unpaired) electrons. The summed E-state index contributed by atoms with van der Waals surface area (Å²) in [5, 5.41) is 12.2. The first kappa shape index (κ1) is 23.2. The van der Waals surface area contributed by atoms with Crippen molar-refractivity contribution in [2.75, 3.05) is 19.6 Å². The van der Waals surface area contributed by atoms with E-state index >= 15 is 0 Å². The van der Waals surface area contributed by atoms with Crippen LogP contribution in [0.25, 0.3) is 10.9 Å². The van der Waals surface area contributed by atoms with Crippen LogP contribution >= 0.6 is 24.0 Å². The van der Waals surface area contributed by atoms with Gasteiger partial charge in [0.15, 0.2) is 5.96 Å². The average molecular weight is 512 g/mol. The van der Waals surface area contributed by atoms with Crippen molar-refractivity contribution in [3.63, 3.8) is 0 Å². The maximum absolute atomic E-state index is 13.3. The molecule has 0 saturated heterocycles. The smallest absolute Gasteiger partial charge is 0.191 e. The van der Waals surface area contributed by atoms with E-state index in [1.165, 1.54) is 29.0 Å². The van der Waals surface area contributed by atoms with Crippen molar-refractivity contribution in [2.24, 2.45) is 12.0 Å². The molecule has 2 aromatic heterocycles. The molecule has 3 rings (SSSR count). The Bertz CT molecular complexity index is 975. The molecule has 6 nitrogen and oxygen atoms in total. The molecule has 158 valence electrons. The predicted molar refractivity (Wildman–Crippen MR) is 128 cm³/mol. The number of aryl methyl sites for hydroxylation is 2. The van der Waals surface area contributed by atoms with Crippen LogP contribution in [0.4, 0.5) is 4.39 Å². The van der Waals surface area contributed by atoms with E-state index in [9.17, 15) is 4.39 Å². The Morgan fingerprint density at radius 1 is 1.24 bits per heavy atom. The fourth-order valence-corrected chi connectivity index (χ4v) is 3.48. The fraction of sp³-hybridized carbons (Fsp3) is 0.429. The topological polar surface area (TPSA) is 70.0 Å². The largest absolute Gasteiger partial charge is 0.361 e. The lowest BCUT2D eigenvalue weighted by molar-refractivity contribution is 0.629. The Hall–Kier alpha value is -2.10. The lowest BCUT2D eigenvalue weighted by Gasteiger charge is -2.11. The number of fused-ring (bicyclic) bond motifs is 1. The molecule has 3 N–H and O–H groups in total. The number of nitrogens with zero attached hydrogens (tertiary/aromatic N) is 3. The van der Waals surface area contributed by atoms with Gasteiger partial charge in [0.25, 0.3) is 0 Å². The number of rotatable bonds is 7. The summed E-state index contributed by atoms with van der Waals surface area (Å²) >= 11 is 0. The zero-order valence-electron chi connectivity index (χ0n) is 17.5. The lowest BCUT2D eigenvalue weighted by atomic mass is 10.1. The molecule has 2 heterocycles. The summed E-state index contributed by atoms with van der Waals surface area (Å²) in [6.07, 6.45) is 3.65. The molecule has 0 atom stereocenters. The van der Waals surface area contributed by atoms with Crippen LogP contribution in [-0.4, -0.2) is 40.4 Å². The van der Waals surface area contributed by atoms with Crippen molar-refractivity contribution in [2.45, 2.75) is 33.6 Å². The highest BCUT2D eigenvalue weighted by atomic mass is 127. The summed E-state index contributed by atoms with van der Waals surface area (Å²) in [6, 6.07) is 4.86. The van der Waals surface area contributed by atoms with Crippen molar-refractivity contribution in [1.29, 1.82) is 0 Å². The standard InChI is InChI=1S/C21H29FN6.HI/c1-5-23-21(25-11-9-18-14(2)27-28(4)15(18)3)24-10-8-16-13-26-20-12-17(22)6-7-19(16)20;/h6-7,12-13,26H,5,8-11H2,1-4H3,(H2,23,24,25);1H. The molecular weight excluding hydrogens is 482 g/mol. The van der Waals surface area contributed by atoms with E-state index in [4.69, 9.17) is 4.99 Å². The number of aliphatic imine (C=N–C) groups is 1. The van der Waals surface area contributed by atoms with Gasteiger partial charge in [-0.1, -0.05) is 0 Å². The van der Waals surface area contributed by atoms with Crippen LogP contribution in [0.2, 0.25) is 0 Å². The number of benzene rings is 1. The summed E-state index contributed by atoms with van der Waals surface area (Å²) in [4.78, 5) is 7.83. The van der Waals surface area contributed by atoms with Crippen molar-refractivity contribution in [3.8, 4) is 0 Å². The van der Waals surface area contributed by atoms with E-state index in [2.05, 4.69) is 34.6 Å². The summed E-state index contributed by atoms with van der Waals surface area (Å²) in [7, 11) is 1.97. The molecule has 0 spiro atoms. The second-order valence-electron chi connectivity index (χ2n) is 6.96. The van der Waals surface area contributed by atoms with Crippen LogP contribution in [-0.2, 0) is 19.9 Å². The molecule has 1 aromatic carbocycles. The molecule has 3 aromatic rings. The summed E-state index contributed by atoms with van der Waals surface area (Å²) in [6.45, 7) is 8.46. The van der Waals surface area contributed by atoms with E-state index in [0.717, 1.165) is 48.5 Å². The van der Waals surface area contributed by atoms with E-state index in [0.29, 0.717) is 6.54 Å². The van der Waals surface area contributed by atoms with Gasteiger partial charge in [-0.15, -0.1) is 24.0 Å². The van der Waals surface area contributed by atoms with Crippen molar-refractivity contribution in [3.05, 3.63) is 52.7 Å². The van der Waals surface area contributed by atoms with E-state index in [-0.39, 0.29) is 29.8 Å². The molecule has 0 fully saturated rings. The van der Waals surface area contributed by atoms with Gasteiger partial charge in [0, 0.05) is 49.5 Å². The van der Waals surface area contributed by atoms with Gasteiger partial charge in [-0.25, -0.2) is 4.39 Å². The zero-order valence-corrected chi connectivity index (χ0v) is 19.8. The maximum atomic E-state index is 13.3. The Kier molecular flexibility index (Phi) is 8.48. The monoisotopic (exact) mass is 512 g/mol. The second kappa shape index (κ2) is 10.6. The molecule has 0 aliphatic heterocycles. The van der Waals surface area contributed by atoms with E-state index < -0.39 is 0 Å². The summed E-state index contributed by atoms with van der Waals surface area (Å²) in [5.74, 6) is 0.590. The first-order valence-electron chi connectivity index (χ1n) is 9.76. The van der Waals surface area contributed by atoms with Gasteiger partial charge in [0.05, 0.1) is 5.69 Å². The third-order valence-electron chi connectivity index (χ3n) is 5.05. The number of aromatic amines is 1. The van der Waals surface area contributed by atoms with Crippen molar-refractivity contribution < 1.29 is 4.39 Å². The minimum absolute atomic E-state index is 0. The average Bonchev–Trinajstić information content (AvgIpc) is 3.16. The highest BCUT2D eigenvalue weighted by Crippen LogP contribution is 2.19. The summed E-state index contributed by atoms with van der Waals surface area (Å²) < 4.78 is 15.2. The van der Waals surface area contributed by atoms with Gasteiger partial charge >= 0.3 is 0 Å². The number of guanidine groups is 1. The SMILES string of the molecule is CCNC(=NCCc1c(C)nn(C)c1C)NCCc1c[nH]c2cc(F)ccc12.I. The predicted octanol–water partition coefficient (Wildman–Crippen LogP) is 3.62. The van der Waals surface area contributed by atoms with Gasteiger partial charge in [0.1, 0.15) is 5.82 Å². The molecule has 29 heavy (non-hydrogen) atoms. The quantitative estimate of drug-likeness (QED) is 0.258. The number of hydrogen-bond donors (Lipinski definition) is 3. The van der Waals surface area contributed by atoms with E-state index in [1.54, 1.807) is 0 Å². The molecular formula is C21H30FIN6. The van der Waals surface area contributed by atoms with Crippen LogP contribution in [0.5, 0.6) is 0 Å². The second-order valence-corrected chi connectivity index (χ2v) is 6.96. The van der Waals surface area contributed by atoms with Crippen molar-refractivity contribution in [1.82, 2.24) is 25.4 Å². The molecule has 0 saturated carbocycles. The van der Waals surface area contributed by atoms with Gasteiger partial charge in [0.2, 0.25) is 0 Å². The Balaban J connectivity index is 0.00000300. The molecule has 0 aliphatic carbocycles. The Labute approximate surface area is 188 Å². The van der Waals surface area contributed by atoms with Gasteiger partial charge in [-0.2, -0.15) is 5.10 Å². The van der Waals surface area contributed by atoms with Gasteiger partial charge in [-0.3, -0.25) is 9.67 Å². The lowest BCUT2D eigenvalue weighted by Crippen LogP contribution is -2.38. The minimum Gasteiger partial charge on any atom is -0.361 e. The molecule has 0 unspecified atom stereocenters. The Morgan fingerprint density at radius 2 is 2.03 bits per heavy atom. The normalized spacial score (nSPS) is 11.6. The first-order chi connectivity index (χ1) is 13.5. The van der Waals surface area contributed by atoms with Gasteiger partial charge in [-0.05, 0) is 62.9 Å². The fourth-order valence-electron chi connectivity index (χ4n) is 3.48. The zero-order chi connectivity index (χ0) is 20.1. The van der Waals surface area contributed by atoms with Gasteiger partial charge < -0.3 is 15.6 Å². The molecule has 8 heteroatoms. The summed E-state index contributed by atoms with van der Waals surface area (Å²) in [5.41, 5.74) is 5.54. The maximum Gasteiger partial charge on any atom is 0.191 e. The molecule has 0 bridgehead atoms. The molecule has 0 amide bonds. The molecule has 0 aliphatic rings. The number of halogens is 2.